The zero-order valence-electron chi connectivity index (χ0n) is 14.7. The van der Waals surface area contributed by atoms with Crippen molar-refractivity contribution in [1.82, 2.24) is 9.80 Å². The summed E-state index contributed by atoms with van der Waals surface area (Å²) in [5.74, 6) is -0.138. The number of halogens is 1. The van der Waals surface area contributed by atoms with Crippen LogP contribution in [-0.2, 0) is 11.2 Å². The predicted molar refractivity (Wildman–Crippen MR) is 106 cm³/mol. The fourth-order valence-electron chi connectivity index (χ4n) is 3.10. The van der Waals surface area contributed by atoms with Gasteiger partial charge in [-0.05, 0) is 49.0 Å². The van der Waals surface area contributed by atoms with E-state index in [4.69, 9.17) is 12.2 Å². The molecular formula is C20H22FN3OS. The number of hydrogen-bond acceptors (Lipinski definition) is 2. The average Bonchev–Trinajstić information content (AvgIpc) is 2.64. The lowest BCUT2D eigenvalue weighted by atomic mass is 10.1. The number of amides is 1. The predicted octanol–water partition coefficient (Wildman–Crippen LogP) is 3.30. The second-order valence-corrected chi connectivity index (χ2v) is 6.87. The van der Waals surface area contributed by atoms with Gasteiger partial charge in [0.05, 0.1) is 6.42 Å². The highest BCUT2D eigenvalue weighted by Crippen LogP contribution is 2.15. The van der Waals surface area contributed by atoms with Crippen molar-refractivity contribution in [2.75, 3.05) is 25.0 Å². The zero-order valence-corrected chi connectivity index (χ0v) is 15.5. The molecule has 3 rings (SSSR count). The normalized spacial score (nSPS) is 17.1. The van der Waals surface area contributed by atoms with Crippen molar-refractivity contribution >= 4 is 28.9 Å². The van der Waals surface area contributed by atoms with Crippen LogP contribution in [0.15, 0.2) is 54.6 Å². The Kier molecular flexibility index (Phi) is 5.83. The molecule has 1 aliphatic heterocycles. The SMILES string of the molecule is CC1CN(C(=O)Cc2ccccc2)CCN1C(=S)Nc1ccc(F)cc1. The van der Waals surface area contributed by atoms with E-state index in [1.54, 1.807) is 12.1 Å². The summed E-state index contributed by atoms with van der Waals surface area (Å²) in [5, 5.41) is 3.74. The van der Waals surface area contributed by atoms with Crippen molar-refractivity contribution in [3.05, 3.63) is 66.0 Å². The fourth-order valence-corrected chi connectivity index (χ4v) is 3.49. The van der Waals surface area contributed by atoms with Crippen molar-refractivity contribution in [3.8, 4) is 0 Å². The molecule has 0 saturated carbocycles. The van der Waals surface area contributed by atoms with Crippen molar-refractivity contribution in [2.45, 2.75) is 19.4 Å². The molecular weight excluding hydrogens is 349 g/mol. The Morgan fingerprint density at radius 3 is 2.50 bits per heavy atom. The Hall–Kier alpha value is -2.47. The molecule has 2 aromatic rings. The third-order valence-corrected chi connectivity index (χ3v) is 4.87. The molecule has 1 saturated heterocycles. The number of anilines is 1. The summed E-state index contributed by atoms with van der Waals surface area (Å²) in [6.07, 6.45) is 0.422. The Bertz CT molecular complexity index is 766. The van der Waals surface area contributed by atoms with E-state index in [2.05, 4.69) is 17.1 Å². The summed E-state index contributed by atoms with van der Waals surface area (Å²) >= 11 is 5.49. The van der Waals surface area contributed by atoms with Crippen molar-refractivity contribution in [3.63, 3.8) is 0 Å². The van der Waals surface area contributed by atoms with Gasteiger partial charge in [0, 0.05) is 31.4 Å². The minimum Gasteiger partial charge on any atom is -0.343 e. The maximum atomic E-state index is 13.0. The number of hydrogen-bond donors (Lipinski definition) is 1. The Morgan fingerprint density at radius 2 is 1.85 bits per heavy atom. The summed E-state index contributed by atoms with van der Waals surface area (Å²) < 4.78 is 13.0. The molecule has 1 amide bonds. The van der Waals surface area contributed by atoms with Crippen LogP contribution >= 0.6 is 12.2 Å². The minimum atomic E-state index is -0.277. The topological polar surface area (TPSA) is 35.6 Å². The van der Waals surface area contributed by atoms with Gasteiger partial charge in [-0.3, -0.25) is 4.79 Å². The van der Waals surface area contributed by atoms with Gasteiger partial charge in [0.25, 0.3) is 0 Å². The molecule has 136 valence electrons. The highest BCUT2D eigenvalue weighted by molar-refractivity contribution is 7.80. The van der Waals surface area contributed by atoms with E-state index >= 15 is 0 Å². The number of nitrogens with one attached hydrogen (secondary N) is 1. The number of carbonyl (C=O) groups is 1. The van der Waals surface area contributed by atoms with Crippen LogP contribution in [0.2, 0.25) is 0 Å². The second kappa shape index (κ2) is 8.27. The van der Waals surface area contributed by atoms with Crippen LogP contribution in [0.25, 0.3) is 0 Å². The van der Waals surface area contributed by atoms with Crippen molar-refractivity contribution < 1.29 is 9.18 Å². The summed E-state index contributed by atoms with van der Waals surface area (Å²) in [5.41, 5.74) is 1.78. The lowest BCUT2D eigenvalue weighted by molar-refractivity contribution is -0.132. The quantitative estimate of drug-likeness (QED) is 0.840. The van der Waals surface area contributed by atoms with Crippen LogP contribution in [0.3, 0.4) is 0 Å². The van der Waals surface area contributed by atoms with E-state index in [-0.39, 0.29) is 17.8 Å². The molecule has 26 heavy (non-hydrogen) atoms. The van der Waals surface area contributed by atoms with Gasteiger partial charge in [0.2, 0.25) is 5.91 Å². The molecule has 2 aromatic carbocycles. The van der Waals surface area contributed by atoms with Gasteiger partial charge in [-0.2, -0.15) is 0 Å². The Morgan fingerprint density at radius 1 is 1.15 bits per heavy atom. The van der Waals surface area contributed by atoms with Gasteiger partial charge in [0.1, 0.15) is 5.82 Å². The third kappa shape index (κ3) is 4.58. The zero-order chi connectivity index (χ0) is 18.5. The molecule has 6 heteroatoms. The summed E-state index contributed by atoms with van der Waals surface area (Å²) in [6, 6.07) is 16.0. The fraction of sp³-hybridized carbons (Fsp3) is 0.300. The largest absolute Gasteiger partial charge is 0.343 e. The van der Waals surface area contributed by atoms with Gasteiger partial charge in [0.15, 0.2) is 5.11 Å². The van der Waals surface area contributed by atoms with Crippen LogP contribution in [0.4, 0.5) is 10.1 Å². The van der Waals surface area contributed by atoms with Gasteiger partial charge >= 0.3 is 0 Å². The Labute approximate surface area is 158 Å². The van der Waals surface area contributed by atoms with Gasteiger partial charge in [-0.15, -0.1) is 0 Å². The first-order valence-corrected chi connectivity index (χ1v) is 9.08. The average molecular weight is 371 g/mol. The lowest BCUT2D eigenvalue weighted by Gasteiger charge is -2.41. The minimum absolute atomic E-state index is 0.115. The van der Waals surface area contributed by atoms with Crippen molar-refractivity contribution in [2.24, 2.45) is 0 Å². The standard InChI is InChI=1S/C20H22FN3OS/c1-15-14-23(19(25)13-16-5-3-2-4-6-16)11-12-24(15)20(26)22-18-9-7-17(21)8-10-18/h2-10,15H,11-14H2,1H3,(H,22,26). The van der Waals surface area contributed by atoms with Crippen LogP contribution in [0, 0.1) is 5.82 Å². The van der Waals surface area contributed by atoms with E-state index in [0.717, 1.165) is 11.3 Å². The Balaban J connectivity index is 1.55. The van der Waals surface area contributed by atoms with Crippen LogP contribution < -0.4 is 5.32 Å². The molecule has 1 aliphatic rings. The summed E-state index contributed by atoms with van der Waals surface area (Å²) in [7, 11) is 0. The number of carbonyl (C=O) groups excluding carboxylic acids is 1. The molecule has 4 nitrogen and oxygen atoms in total. The van der Waals surface area contributed by atoms with E-state index in [1.165, 1.54) is 12.1 Å². The molecule has 1 N–H and O–H groups in total. The van der Waals surface area contributed by atoms with E-state index in [9.17, 15) is 9.18 Å². The molecule has 0 aliphatic carbocycles. The monoisotopic (exact) mass is 371 g/mol. The smallest absolute Gasteiger partial charge is 0.227 e. The number of benzene rings is 2. The molecule has 0 aromatic heterocycles. The molecule has 0 bridgehead atoms. The van der Waals surface area contributed by atoms with Crippen molar-refractivity contribution in [1.29, 1.82) is 0 Å². The number of thiocarbonyl (C=S) groups is 1. The van der Waals surface area contributed by atoms with Gasteiger partial charge in [-0.25, -0.2) is 4.39 Å². The maximum absolute atomic E-state index is 13.0. The lowest BCUT2D eigenvalue weighted by Crippen LogP contribution is -2.56. The van der Waals surface area contributed by atoms with E-state index in [1.807, 2.05) is 35.2 Å². The summed E-state index contributed by atoms with van der Waals surface area (Å²) in [6.45, 7) is 4.01. The van der Waals surface area contributed by atoms with E-state index in [0.29, 0.717) is 31.2 Å². The second-order valence-electron chi connectivity index (χ2n) is 6.48. The first-order valence-electron chi connectivity index (χ1n) is 8.68. The number of nitrogens with zero attached hydrogens (tertiary/aromatic N) is 2. The third-order valence-electron chi connectivity index (χ3n) is 4.53. The number of piperazine rings is 1. The molecule has 0 spiro atoms. The molecule has 1 heterocycles. The van der Waals surface area contributed by atoms with Crippen LogP contribution in [0.1, 0.15) is 12.5 Å². The van der Waals surface area contributed by atoms with Crippen LogP contribution in [-0.4, -0.2) is 46.5 Å². The summed E-state index contributed by atoms with van der Waals surface area (Å²) in [4.78, 5) is 16.5. The molecule has 1 unspecified atom stereocenters. The molecule has 0 radical (unpaired) electrons. The van der Waals surface area contributed by atoms with Gasteiger partial charge < -0.3 is 15.1 Å². The highest BCUT2D eigenvalue weighted by Gasteiger charge is 2.28. The maximum Gasteiger partial charge on any atom is 0.227 e. The first-order chi connectivity index (χ1) is 12.5. The molecule has 1 fully saturated rings. The number of rotatable bonds is 3. The van der Waals surface area contributed by atoms with Gasteiger partial charge in [-0.1, -0.05) is 30.3 Å². The van der Waals surface area contributed by atoms with Crippen LogP contribution in [0.5, 0.6) is 0 Å². The highest BCUT2D eigenvalue weighted by atomic mass is 32.1. The molecule has 1 atom stereocenters. The first kappa shape index (κ1) is 18.3. The van der Waals surface area contributed by atoms with E-state index < -0.39 is 0 Å².